The molecule has 0 spiro atoms. The molecular weight excluding hydrogens is 330 g/mol. The van der Waals surface area contributed by atoms with Crippen molar-refractivity contribution in [3.8, 4) is 5.75 Å². The van der Waals surface area contributed by atoms with E-state index in [0.717, 1.165) is 41.7 Å². The highest BCUT2D eigenvalue weighted by Crippen LogP contribution is 2.23. The first-order valence-electron chi connectivity index (χ1n) is 7.92. The number of halogens is 1. The molecule has 1 unspecified atom stereocenters. The van der Waals surface area contributed by atoms with E-state index in [4.69, 9.17) is 4.74 Å². The molecule has 0 aromatic heterocycles. The third-order valence-electron chi connectivity index (χ3n) is 3.75. The molecule has 1 atom stereocenters. The number of aliphatic hydroxyl groups excluding tert-OH is 1. The Balaban J connectivity index is 2.55. The van der Waals surface area contributed by atoms with E-state index in [1.165, 1.54) is 0 Å². The molecule has 0 aliphatic heterocycles. The van der Waals surface area contributed by atoms with Gasteiger partial charge in [0.05, 0.1) is 12.7 Å². The van der Waals surface area contributed by atoms with Crippen molar-refractivity contribution in [1.29, 1.82) is 0 Å². The summed E-state index contributed by atoms with van der Waals surface area (Å²) in [5.41, 5.74) is 1.12. The molecule has 0 bridgehead atoms. The lowest BCUT2D eigenvalue weighted by molar-refractivity contribution is 0.101. The van der Waals surface area contributed by atoms with Gasteiger partial charge in [-0.05, 0) is 30.5 Å². The maximum absolute atomic E-state index is 10.1. The third-order valence-corrected chi connectivity index (χ3v) is 4.24. The summed E-state index contributed by atoms with van der Waals surface area (Å²) < 4.78 is 6.81. The average molecular weight is 358 g/mol. The molecule has 0 aliphatic carbocycles. The van der Waals surface area contributed by atoms with Gasteiger partial charge in [0.1, 0.15) is 5.75 Å². The Bertz CT molecular complexity index is 408. The van der Waals surface area contributed by atoms with Gasteiger partial charge in [0.2, 0.25) is 0 Å². The molecule has 120 valence electrons. The molecule has 21 heavy (non-hydrogen) atoms. The maximum atomic E-state index is 10.1. The van der Waals surface area contributed by atoms with E-state index in [-0.39, 0.29) is 6.10 Å². The molecule has 2 N–H and O–H groups in total. The van der Waals surface area contributed by atoms with Gasteiger partial charge in [0, 0.05) is 23.1 Å². The van der Waals surface area contributed by atoms with Crippen molar-refractivity contribution < 1.29 is 9.84 Å². The van der Waals surface area contributed by atoms with Crippen molar-refractivity contribution in [3.05, 3.63) is 28.2 Å². The van der Waals surface area contributed by atoms with Crippen LogP contribution in [0.1, 0.15) is 45.6 Å². The number of nitrogens with one attached hydrogen (secondary N) is 1. The summed E-state index contributed by atoms with van der Waals surface area (Å²) in [5, 5.41) is 13.5. The first kappa shape index (κ1) is 18.5. The summed E-state index contributed by atoms with van der Waals surface area (Å²) in [4.78, 5) is 0. The maximum Gasteiger partial charge on any atom is 0.123 e. The second-order valence-electron chi connectivity index (χ2n) is 5.38. The van der Waals surface area contributed by atoms with Crippen LogP contribution in [0.2, 0.25) is 0 Å². The Kier molecular flexibility index (Phi) is 8.97. The second kappa shape index (κ2) is 10.2. The molecule has 1 aromatic rings. The van der Waals surface area contributed by atoms with E-state index in [0.29, 0.717) is 19.0 Å². The molecule has 0 saturated heterocycles. The van der Waals surface area contributed by atoms with E-state index in [2.05, 4.69) is 48.1 Å². The van der Waals surface area contributed by atoms with Gasteiger partial charge < -0.3 is 15.2 Å². The highest BCUT2D eigenvalue weighted by molar-refractivity contribution is 9.10. The minimum atomic E-state index is -0.285. The Morgan fingerprint density at radius 2 is 1.95 bits per heavy atom. The van der Waals surface area contributed by atoms with Gasteiger partial charge in [-0.1, -0.05) is 49.5 Å². The predicted octanol–water partition coefficient (Wildman–Crippen LogP) is 4.12. The number of hydrogen-bond acceptors (Lipinski definition) is 3. The summed E-state index contributed by atoms with van der Waals surface area (Å²) >= 11 is 3.50. The molecule has 3 nitrogen and oxygen atoms in total. The monoisotopic (exact) mass is 357 g/mol. The number of hydrogen-bond donors (Lipinski definition) is 2. The summed E-state index contributed by atoms with van der Waals surface area (Å²) in [7, 11) is 0. The average Bonchev–Trinajstić information content (AvgIpc) is 2.47. The molecule has 4 heteroatoms. The van der Waals surface area contributed by atoms with Gasteiger partial charge in [-0.3, -0.25) is 0 Å². The zero-order valence-corrected chi connectivity index (χ0v) is 14.9. The summed E-state index contributed by atoms with van der Waals surface area (Å²) in [6.45, 7) is 8.40. The molecule has 0 radical (unpaired) electrons. The van der Waals surface area contributed by atoms with Crippen molar-refractivity contribution in [3.63, 3.8) is 0 Å². The van der Waals surface area contributed by atoms with E-state index >= 15 is 0 Å². The van der Waals surface area contributed by atoms with Gasteiger partial charge in [-0.25, -0.2) is 0 Å². The van der Waals surface area contributed by atoms with E-state index in [1.807, 2.05) is 12.1 Å². The van der Waals surface area contributed by atoms with Crippen LogP contribution in [0.5, 0.6) is 5.75 Å². The van der Waals surface area contributed by atoms with Gasteiger partial charge in [-0.15, -0.1) is 0 Å². The van der Waals surface area contributed by atoms with Gasteiger partial charge >= 0.3 is 0 Å². The SMILES string of the molecule is CCCOc1ccc(Br)cc1CNCC(O)C(CC)CC. The molecule has 0 saturated carbocycles. The van der Waals surface area contributed by atoms with Crippen LogP contribution in [0.15, 0.2) is 22.7 Å². The first-order chi connectivity index (χ1) is 10.1. The van der Waals surface area contributed by atoms with E-state index in [9.17, 15) is 5.11 Å². The Labute approximate surface area is 137 Å². The minimum Gasteiger partial charge on any atom is -0.493 e. The number of rotatable bonds is 10. The van der Waals surface area contributed by atoms with Crippen LogP contribution in [-0.4, -0.2) is 24.4 Å². The second-order valence-corrected chi connectivity index (χ2v) is 6.29. The summed E-state index contributed by atoms with van der Waals surface area (Å²) in [6, 6.07) is 6.06. The molecule has 0 amide bonds. The van der Waals surface area contributed by atoms with Crippen molar-refractivity contribution in [2.24, 2.45) is 5.92 Å². The van der Waals surface area contributed by atoms with Crippen molar-refractivity contribution >= 4 is 15.9 Å². The highest BCUT2D eigenvalue weighted by Gasteiger charge is 2.15. The molecule has 1 rings (SSSR count). The van der Waals surface area contributed by atoms with E-state index in [1.54, 1.807) is 0 Å². The Morgan fingerprint density at radius 3 is 2.57 bits per heavy atom. The zero-order valence-electron chi connectivity index (χ0n) is 13.4. The van der Waals surface area contributed by atoms with Crippen LogP contribution in [-0.2, 0) is 6.54 Å². The quantitative estimate of drug-likeness (QED) is 0.661. The first-order valence-corrected chi connectivity index (χ1v) is 8.71. The van der Waals surface area contributed by atoms with Crippen molar-refractivity contribution in [2.45, 2.75) is 52.7 Å². The molecule has 0 fully saturated rings. The predicted molar refractivity (Wildman–Crippen MR) is 91.7 cm³/mol. The molecule has 0 heterocycles. The van der Waals surface area contributed by atoms with Crippen molar-refractivity contribution in [1.82, 2.24) is 5.32 Å². The van der Waals surface area contributed by atoms with Crippen LogP contribution >= 0.6 is 15.9 Å². The molecule has 1 aromatic carbocycles. The zero-order chi connectivity index (χ0) is 15.7. The lowest BCUT2D eigenvalue weighted by atomic mass is 9.96. The fourth-order valence-corrected chi connectivity index (χ4v) is 2.80. The lowest BCUT2D eigenvalue weighted by Crippen LogP contribution is -2.32. The number of benzene rings is 1. The summed E-state index contributed by atoms with van der Waals surface area (Å²) in [5.74, 6) is 1.29. The number of ether oxygens (including phenoxy) is 1. The number of aliphatic hydroxyl groups is 1. The standard InChI is InChI=1S/C17H28BrNO2/c1-4-9-21-17-8-7-15(18)10-14(17)11-19-12-16(20)13(5-2)6-3/h7-8,10,13,16,19-20H,4-6,9,11-12H2,1-3H3. The molecular formula is C17H28BrNO2. The van der Waals surface area contributed by atoms with Crippen LogP contribution < -0.4 is 10.1 Å². The van der Waals surface area contributed by atoms with Gasteiger partial charge in [-0.2, -0.15) is 0 Å². The van der Waals surface area contributed by atoms with Crippen molar-refractivity contribution in [2.75, 3.05) is 13.2 Å². The van der Waals surface area contributed by atoms with Crippen LogP contribution in [0.3, 0.4) is 0 Å². The lowest BCUT2D eigenvalue weighted by Gasteiger charge is -2.21. The van der Waals surface area contributed by atoms with Crippen LogP contribution in [0.4, 0.5) is 0 Å². The Hall–Kier alpha value is -0.580. The highest BCUT2D eigenvalue weighted by atomic mass is 79.9. The van der Waals surface area contributed by atoms with Gasteiger partial charge in [0.15, 0.2) is 0 Å². The molecule has 0 aliphatic rings. The van der Waals surface area contributed by atoms with Gasteiger partial charge in [0.25, 0.3) is 0 Å². The topological polar surface area (TPSA) is 41.5 Å². The fourth-order valence-electron chi connectivity index (χ4n) is 2.39. The Morgan fingerprint density at radius 1 is 1.24 bits per heavy atom. The van der Waals surface area contributed by atoms with E-state index < -0.39 is 0 Å². The minimum absolute atomic E-state index is 0.285. The normalized spacial score (nSPS) is 12.7. The largest absolute Gasteiger partial charge is 0.493 e. The third kappa shape index (κ3) is 6.37. The summed E-state index contributed by atoms with van der Waals surface area (Å²) in [6.07, 6.45) is 2.74. The van der Waals surface area contributed by atoms with Crippen LogP contribution in [0, 0.1) is 5.92 Å². The fraction of sp³-hybridized carbons (Fsp3) is 0.647. The van der Waals surface area contributed by atoms with Crippen LogP contribution in [0.25, 0.3) is 0 Å². The smallest absolute Gasteiger partial charge is 0.123 e.